The number of carbonyl (C=O) groups is 2. The number of ether oxygens (including phenoxy) is 1. The quantitative estimate of drug-likeness (QED) is 0.576. The summed E-state index contributed by atoms with van der Waals surface area (Å²) in [6.07, 6.45) is 1.45. The third-order valence-corrected chi connectivity index (χ3v) is 6.09. The van der Waals surface area contributed by atoms with Gasteiger partial charge in [0.1, 0.15) is 11.4 Å². The molecule has 5 nitrogen and oxygen atoms in total. The highest BCUT2D eigenvalue weighted by Gasteiger charge is 2.35. The molecule has 5 heteroatoms. The Morgan fingerprint density at radius 2 is 1.79 bits per heavy atom. The number of hydrogen-bond donors (Lipinski definition) is 1. The predicted octanol–water partition coefficient (Wildman–Crippen LogP) is 5.49. The highest BCUT2D eigenvalue weighted by Crippen LogP contribution is 2.38. The molecule has 1 N–H and O–H groups in total. The van der Waals surface area contributed by atoms with E-state index in [1.165, 1.54) is 11.1 Å². The summed E-state index contributed by atoms with van der Waals surface area (Å²) in [5.41, 5.74) is 3.91. The molecule has 178 valence electrons. The molecule has 3 rings (SSSR count). The second-order valence-electron chi connectivity index (χ2n) is 11.0. The number of carboxylic acids is 1. The maximum atomic E-state index is 13.2. The number of aliphatic carboxylic acids is 1. The van der Waals surface area contributed by atoms with Crippen LogP contribution in [0.5, 0.6) is 5.75 Å². The molecule has 1 amide bonds. The van der Waals surface area contributed by atoms with E-state index in [0.717, 1.165) is 24.2 Å². The molecule has 0 radical (unpaired) electrons. The van der Waals surface area contributed by atoms with Gasteiger partial charge in [0.25, 0.3) is 5.91 Å². The zero-order valence-corrected chi connectivity index (χ0v) is 20.8. The van der Waals surface area contributed by atoms with Crippen molar-refractivity contribution in [3.8, 4) is 5.75 Å². The molecule has 33 heavy (non-hydrogen) atoms. The van der Waals surface area contributed by atoms with Crippen LogP contribution in [-0.2, 0) is 23.1 Å². The van der Waals surface area contributed by atoms with Crippen LogP contribution in [0.4, 0.5) is 0 Å². The maximum Gasteiger partial charge on any atom is 0.305 e. The molecule has 1 aliphatic heterocycles. The van der Waals surface area contributed by atoms with Crippen LogP contribution in [0.2, 0.25) is 0 Å². The fourth-order valence-electron chi connectivity index (χ4n) is 4.44. The summed E-state index contributed by atoms with van der Waals surface area (Å²) in [6, 6.07) is 14.3. The molecule has 1 atom stereocenters. The Bertz CT molecular complexity index is 1000. The first-order valence-electron chi connectivity index (χ1n) is 11.8. The van der Waals surface area contributed by atoms with Gasteiger partial charge in [0.2, 0.25) is 0 Å². The molecule has 0 fully saturated rings. The average molecular weight is 452 g/mol. The fraction of sp³-hybridized carbons (Fsp3) is 0.500. The molecular weight excluding hydrogens is 414 g/mol. The number of carboxylic acid groups (broad SMARTS) is 1. The molecule has 0 spiro atoms. The van der Waals surface area contributed by atoms with E-state index in [-0.39, 0.29) is 35.8 Å². The Morgan fingerprint density at radius 3 is 2.36 bits per heavy atom. The average Bonchev–Trinajstić information content (AvgIpc) is 3.04. The van der Waals surface area contributed by atoms with Gasteiger partial charge in [-0.2, -0.15) is 0 Å². The lowest BCUT2D eigenvalue weighted by Gasteiger charge is -2.25. The first-order valence-corrected chi connectivity index (χ1v) is 11.8. The summed E-state index contributed by atoms with van der Waals surface area (Å²) < 4.78 is 6.33. The van der Waals surface area contributed by atoms with Crippen LogP contribution in [0.1, 0.15) is 75.0 Å². The van der Waals surface area contributed by atoms with Gasteiger partial charge in [-0.25, -0.2) is 0 Å². The Balaban J connectivity index is 1.73. The van der Waals surface area contributed by atoms with Crippen LogP contribution in [0.25, 0.3) is 0 Å². The van der Waals surface area contributed by atoms with E-state index in [1.807, 2.05) is 26.0 Å². The number of nitrogens with zero attached hydrogens (tertiary/aromatic N) is 1. The molecule has 0 bridgehead atoms. The van der Waals surface area contributed by atoms with Crippen LogP contribution in [-0.4, -0.2) is 40.6 Å². The van der Waals surface area contributed by atoms with E-state index < -0.39 is 5.97 Å². The lowest BCUT2D eigenvalue weighted by Crippen LogP contribution is -2.36. The monoisotopic (exact) mass is 451 g/mol. The van der Waals surface area contributed by atoms with Crippen LogP contribution < -0.4 is 4.74 Å². The Kier molecular flexibility index (Phi) is 7.20. The predicted molar refractivity (Wildman–Crippen MR) is 131 cm³/mol. The largest absolute Gasteiger partial charge is 0.487 e. The summed E-state index contributed by atoms with van der Waals surface area (Å²) in [4.78, 5) is 25.8. The lowest BCUT2D eigenvalue weighted by molar-refractivity contribution is -0.137. The van der Waals surface area contributed by atoms with Crippen molar-refractivity contribution < 1.29 is 19.4 Å². The van der Waals surface area contributed by atoms with Crippen LogP contribution in [0.15, 0.2) is 42.5 Å². The van der Waals surface area contributed by atoms with Crippen molar-refractivity contribution in [2.45, 2.75) is 71.8 Å². The number of benzene rings is 2. The minimum Gasteiger partial charge on any atom is -0.487 e. The first-order chi connectivity index (χ1) is 15.4. The SMILES string of the molecule is CC(C)CN(CCC(=O)O)C(=O)c1ccc2c(c1)C[C@](C)(Cc1ccc(C(C)(C)C)cc1)O2. The van der Waals surface area contributed by atoms with Gasteiger partial charge in [0, 0.05) is 31.5 Å². The van der Waals surface area contributed by atoms with Crippen molar-refractivity contribution >= 4 is 11.9 Å². The van der Waals surface area contributed by atoms with Crippen molar-refractivity contribution in [1.29, 1.82) is 0 Å². The molecule has 1 heterocycles. The topological polar surface area (TPSA) is 66.8 Å². The molecule has 1 aliphatic rings. The molecule has 2 aromatic carbocycles. The third-order valence-electron chi connectivity index (χ3n) is 6.09. The smallest absolute Gasteiger partial charge is 0.305 e. The third kappa shape index (κ3) is 6.37. The van der Waals surface area contributed by atoms with Gasteiger partial charge >= 0.3 is 5.97 Å². The van der Waals surface area contributed by atoms with Crippen molar-refractivity contribution in [3.63, 3.8) is 0 Å². The van der Waals surface area contributed by atoms with E-state index in [1.54, 1.807) is 11.0 Å². The van der Waals surface area contributed by atoms with E-state index >= 15 is 0 Å². The Morgan fingerprint density at radius 1 is 1.12 bits per heavy atom. The van der Waals surface area contributed by atoms with Crippen LogP contribution >= 0.6 is 0 Å². The van der Waals surface area contributed by atoms with E-state index in [9.17, 15) is 9.59 Å². The summed E-state index contributed by atoms with van der Waals surface area (Å²) in [5.74, 6) is 0.0547. The van der Waals surface area contributed by atoms with Crippen molar-refractivity contribution in [2.24, 2.45) is 5.92 Å². The second kappa shape index (κ2) is 9.58. The maximum absolute atomic E-state index is 13.2. The van der Waals surface area contributed by atoms with Gasteiger partial charge in [-0.1, -0.05) is 58.9 Å². The van der Waals surface area contributed by atoms with E-state index in [4.69, 9.17) is 9.84 Å². The minimum absolute atomic E-state index is 0.0570. The van der Waals surface area contributed by atoms with Crippen molar-refractivity contribution in [1.82, 2.24) is 4.90 Å². The summed E-state index contributed by atoms with van der Waals surface area (Å²) in [5, 5.41) is 9.05. The Labute approximate surface area is 197 Å². The Hall–Kier alpha value is -2.82. The number of hydrogen-bond acceptors (Lipinski definition) is 3. The first kappa shape index (κ1) is 24.8. The summed E-state index contributed by atoms with van der Waals surface area (Å²) >= 11 is 0. The van der Waals surface area contributed by atoms with Crippen molar-refractivity contribution in [3.05, 3.63) is 64.7 Å². The second-order valence-corrected chi connectivity index (χ2v) is 11.0. The number of amides is 1. The standard InChI is InChI=1S/C28H37NO4/c1-19(2)18-29(14-13-25(30)31)26(32)21-9-12-24-22(15-21)17-28(6,33-24)16-20-7-10-23(11-8-20)27(3,4)5/h7-12,15,19H,13-14,16-18H2,1-6H3,(H,30,31)/t28-/m0/s1. The van der Waals surface area contributed by atoms with Gasteiger partial charge in [0.05, 0.1) is 6.42 Å². The van der Waals surface area contributed by atoms with E-state index in [0.29, 0.717) is 12.1 Å². The van der Waals surface area contributed by atoms with Crippen LogP contribution in [0, 0.1) is 5.92 Å². The number of fused-ring (bicyclic) bond motifs is 1. The highest BCUT2D eigenvalue weighted by atomic mass is 16.5. The van der Waals surface area contributed by atoms with Crippen molar-refractivity contribution in [2.75, 3.05) is 13.1 Å². The zero-order valence-electron chi connectivity index (χ0n) is 20.8. The highest BCUT2D eigenvalue weighted by molar-refractivity contribution is 5.95. The number of carbonyl (C=O) groups excluding carboxylic acids is 1. The molecule has 0 aliphatic carbocycles. The van der Waals surface area contributed by atoms with Gasteiger partial charge in [-0.05, 0) is 53.1 Å². The minimum atomic E-state index is -0.898. The lowest BCUT2D eigenvalue weighted by atomic mass is 9.85. The summed E-state index contributed by atoms with van der Waals surface area (Å²) in [6.45, 7) is 13.5. The van der Waals surface area contributed by atoms with Gasteiger partial charge in [-0.15, -0.1) is 0 Å². The van der Waals surface area contributed by atoms with Gasteiger partial charge in [-0.3, -0.25) is 9.59 Å². The zero-order chi connectivity index (χ0) is 24.4. The molecule has 0 unspecified atom stereocenters. The molecular formula is C28H37NO4. The van der Waals surface area contributed by atoms with Crippen LogP contribution in [0.3, 0.4) is 0 Å². The van der Waals surface area contributed by atoms with Gasteiger partial charge in [0.15, 0.2) is 0 Å². The molecule has 0 saturated carbocycles. The van der Waals surface area contributed by atoms with E-state index in [2.05, 4.69) is 52.0 Å². The molecule has 0 aromatic heterocycles. The number of rotatable bonds is 8. The fourth-order valence-corrected chi connectivity index (χ4v) is 4.44. The normalized spacial score (nSPS) is 17.5. The van der Waals surface area contributed by atoms with Gasteiger partial charge < -0.3 is 14.7 Å². The molecule has 0 saturated heterocycles. The summed E-state index contributed by atoms with van der Waals surface area (Å²) in [7, 11) is 0. The molecule has 2 aromatic rings.